The highest BCUT2D eigenvalue weighted by molar-refractivity contribution is 6.40. The van der Waals surface area contributed by atoms with Crippen LogP contribution in [0.5, 0.6) is 0 Å². The summed E-state index contributed by atoms with van der Waals surface area (Å²) in [5, 5.41) is 2.61. The summed E-state index contributed by atoms with van der Waals surface area (Å²) < 4.78 is 0. The second-order valence-electron chi connectivity index (χ2n) is 9.89. The number of carbonyl (C=O) groups is 4. The highest BCUT2D eigenvalue weighted by Gasteiger charge is 2.33. The average molecular weight is 543 g/mol. The molecule has 0 spiro atoms. The van der Waals surface area contributed by atoms with E-state index in [1.165, 1.54) is 10.0 Å². The number of unbranched alkanes of at least 4 members (excludes halogenated alkanes) is 1. The number of anilines is 1. The predicted molar refractivity (Wildman–Crippen MR) is 160 cm³/mol. The fraction of sp³-hybridized carbons (Fsp3) is 0.143. The molecule has 6 heteroatoms. The molecule has 0 fully saturated rings. The largest absolute Gasteiger partial charge is 0.289 e. The van der Waals surface area contributed by atoms with Crippen molar-refractivity contribution in [3.8, 4) is 0 Å². The maximum Gasteiger partial charge on any atom is 0.277 e. The van der Waals surface area contributed by atoms with Gasteiger partial charge in [-0.3, -0.25) is 19.2 Å². The Labute approximate surface area is 239 Å². The molecule has 0 N–H and O–H groups in total. The Morgan fingerprint density at radius 2 is 1.15 bits per heavy atom. The quantitative estimate of drug-likeness (QED) is 0.235. The molecular formula is C35H30N2O4. The van der Waals surface area contributed by atoms with Crippen molar-refractivity contribution in [3.05, 3.63) is 143 Å². The number of nitrogens with zero attached hydrogens (tertiary/aromatic N) is 2. The Hall–Kier alpha value is -5.10. The summed E-state index contributed by atoms with van der Waals surface area (Å²) in [6.07, 6.45) is 2.17. The van der Waals surface area contributed by atoms with Gasteiger partial charge in [-0.15, -0.1) is 0 Å². The standard InChI is InChI=1S/C35H30N2O4/c1-3-4-17-30-31(33(39)29-19-12-11-18-28(29)32(30)38)24-20-22-27(23-21-24)37(35(41)26-15-9-6-10-16-26)36(2)34(40)25-13-7-5-8-14-25/h5-16,18-23H,3-4,17H2,1-2H3. The van der Waals surface area contributed by atoms with Crippen molar-refractivity contribution in [1.29, 1.82) is 0 Å². The van der Waals surface area contributed by atoms with Crippen molar-refractivity contribution in [2.24, 2.45) is 0 Å². The first-order chi connectivity index (χ1) is 19.9. The van der Waals surface area contributed by atoms with Crippen molar-refractivity contribution < 1.29 is 19.2 Å². The second kappa shape index (κ2) is 12.0. The number of hydrogen-bond acceptors (Lipinski definition) is 4. The molecule has 5 rings (SSSR count). The van der Waals surface area contributed by atoms with E-state index in [2.05, 4.69) is 0 Å². The molecule has 6 nitrogen and oxygen atoms in total. The molecule has 41 heavy (non-hydrogen) atoms. The van der Waals surface area contributed by atoms with Gasteiger partial charge in [0.2, 0.25) is 0 Å². The fourth-order valence-electron chi connectivity index (χ4n) is 5.08. The Kier molecular flexibility index (Phi) is 8.01. The lowest BCUT2D eigenvalue weighted by atomic mass is 9.79. The molecule has 0 aromatic heterocycles. The summed E-state index contributed by atoms with van der Waals surface area (Å²) in [5.74, 6) is -1.05. The first-order valence-corrected chi connectivity index (χ1v) is 13.7. The van der Waals surface area contributed by atoms with Gasteiger partial charge in [-0.05, 0) is 54.8 Å². The van der Waals surface area contributed by atoms with Crippen LogP contribution in [0.1, 0.15) is 73.2 Å². The van der Waals surface area contributed by atoms with Gasteiger partial charge in [-0.2, -0.15) is 0 Å². The third-order valence-electron chi connectivity index (χ3n) is 7.23. The van der Waals surface area contributed by atoms with E-state index in [1.54, 1.807) is 104 Å². The van der Waals surface area contributed by atoms with Crippen LogP contribution in [0, 0.1) is 0 Å². The zero-order valence-corrected chi connectivity index (χ0v) is 23.0. The van der Waals surface area contributed by atoms with Crippen LogP contribution in [0.15, 0.2) is 115 Å². The summed E-state index contributed by atoms with van der Waals surface area (Å²) >= 11 is 0. The molecule has 0 saturated heterocycles. The molecule has 0 radical (unpaired) electrons. The van der Waals surface area contributed by atoms with Crippen LogP contribution in [-0.4, -0.2) is 35.4 Å². The maximum atomic E-state index is 13.7. The fourth-order valence-corrected chi connectivity index (χ4v) is 5.08. The van der Waals surface area contributed by atoms with Gasteiger partial charge in [0, 0.05) is 40.4 Å². The molecule has 0 atom stereocenters. The molecule has 204 valence electrons. The smallest absolute Gasteiger partial charge is 0.277 e. The van der Waals surface area contributed by atoms with Gasteiger partial charge >= 0.3 is 0 Å². The lowest BCUT2D eigenvalue weighted by molar-refractivity contribution is 0.0717. The highest BCUT2D eigenvalue weighted by atomic mass is 16.2. The molecule has 1 aliphatic carbocycles. The summed E-state index contributed by atoms with van der Waals surface area (Å²) in [7, 11) is 1.55. The van der Waals surface area contributed by atoms with Crippen LogP contribution in [0.3, 0.4) is 0 Å². The van der Waals surface area contributed by atoms with E-state index in [0.29, 0.717) is 51.1 Å². The topological polar surface area (TPSA) is 74.8 Å². The first-order valence-electron chi connectivity index (χ1n) is 13.7. The van der Waals surface area contributed by atoms with Gasteiger partial charge in [-0.25, -0.2) is 10.0 Å². The maximum absolute atomic E-state index is 13.7. The Morgan fingerprint density at radius 3 is 1.71 bits per heavy atom. The number of allylic oxidation sites excluding steroid dienone is 2. The third kappa shape index (κ3) is 5.37. The number of benzene rings is 4. The molecular weight excluding hydrogens is 512 g/mol. The minimum atomic E-state index is -0.383. The Morgan fingerprint density at radius 1 is 0.634 bits per heavy atom. The van der Waals surface area contributed by atoms with Crippen LogP contribution in [0.2, 0.25) is 0 Å². The monoisotopic (exact) mass is 542 g/mol. The summed E-state index contributed by atoms with van der Waals surface area (Å²) in [6, 6.07) is 31.3. The Bertz CT molecular complexity index is 1640. The highest BCUT2D eigenvalue weighted by Crippen LogP contribution is 2.35. The van der Waals surface area contributed by atoms with E-state index in [4.69, 9.17) is 0 Å². The Balaban J connectivity index is 1.57. The lowest BCUT2D eigenvalue weighted by Gasteiger charge is -2.32. The molecule has 1 aliphatic rings. The molecule has 2 amide bonds. The van der Waals surface area contributed by atoms with Gasteiger partial charge < -0.3 is 0 Å². The van der Waals surface area contributed by atoms with E-state index < -0.39 is 0 Å². The van der Waals surface area contributed by atoms with E-state index in [1.807, 2.05) is 19.1 Å². The minimum Gasteiger partial charge on any atom is -0.289 e. The minimum absolute atomic E-state index is 0.123. The molecule has 0 unspecified atom stereocenters. The van der Waals surface area contributed by atoms with Gasteiger partial charge in [0.05, 0.1) is 5.69 Å². The van der Waals surface area contributed by atoms with Crippen LogP contribution in [0.25, 0.3) is 5.57 Å². The number of fused-ring (bicyclic) bond motifs is 1. The van der Waals surface area contributed by atoms with Gasteiger partial charge in [-0.1, -0.05) is 86.1 Å². The van der Waals surface area contributed by atoms with Crippen LogP contribution in [-0.2, 0) is 0 Å². The number of rotatable bonds is 7. The number of amides is 2. The number of carbonyl (C=O) groups excluding carboxylic acids is 4. The van der Waals surface area contributed by atoms with Crippen LogP contribution < -0.4 is 5.01 Å². The summed E-state index contributed by atoms with van der Waals surface area (Å²) in [4.78, 5) is 54.3. The van der Waals surface area contributed by atoms with Crippen molar-refractivity contribution >= 4 is 34.6 Å². The summed E-state index contributed by atoms with van der Waals surface area (Å²) in [6.45, 7) is 2.05. The zero-order chi connectivity index (χ0) is 28.9. The molecule has 0 aliphatic heterocycles. The zero-order valence-electron chi connectivity index (χ0n) is 23.0. The van der Waals surface area contributed by atoms with Gasteiger partial charge in [0.25, 0.3) is 11.8 Å². The van der Waals surface area contributed by atoms with Crippen LogP contribution in [0.4, 0.5) is 5.69 Å². The van der Waals surface area contributed by atoms with Crippen molar-refractivity contribution in [1.82, 2.24) is 5.01 Å². The number of ketones is 2. The second-order valence-corrected chi connectivity index (χ2v) is 9.89. The molecule has 4 aromatic rings. The van der Waals surface area contributed by atoms with Crippen LogP contribution >= 0.6 is 0 Å². The lowest BCUT2D eigenvalue weighted by Crippen LogP contribution is -2.47. The molecule has 0 heterocycles. The molecule has 4 aromatic carbocycles. The van der Waals surface area contributed by atoms with E-state index >= 15 is 0 Å². The van der Waals surface area contributed by atoms with Gasteiger partial charge in [0.15, 0.2) is 11.6 Å². The van der Waals surface area contributed by atoms with Crippen molar-refractivity contribution in [2.75, 3.05) is 12.1 Å². The van der Waals surface area contributed by atoms with E-state index in [0.717, 1.165) is 12.8 Å². The summed E-state index contributed by atoms with van der Waals surface area (Å²) in [5.41, 5.74) is 3.62. The van der Waals surface area contributed by atoms with E-state index in [9.17, 15) is 19.2 Å². The third-order valence-corrected chi connectivity index (χ3v) is 7.23. The van der Waals surface area contributed by atoms with Crippen molar-refractivity contribution in [2.45, 2.75) is 26.2 Å². The predicted octanol–water partition coefficient (Wildman–Crippen LogP) is 7.04. The first kappa shape index (κ1) is 27.5. The average Bonchev–Trinajstić information content (AvgIpc) is 3.03. The normalized spacial score (nSPS) is 12.6. The molecule has 0 bridgehead atoms. The van der Waals surface area contributed by atoms with Gasteiger partial charge in [0.1, 0.15) is 0 Å². The number of hydrogen-bond donors (Lipinski definition) is 0. The van der Waals surface area contributed by atoms with Crippen molar-refractivity contribution in [3.63, 3.8) is 0 Å². The number of Topliss-reactive ketones (excluding diaryl/α,β-unsaturated/α-hetero) is 2. The SMILES string of the molecule is CCCCC1=C(c2ccc(N(C(=O)c3ccccc3)N(C)C(=O)c3ccccc3)cc2)C(=O)c2ccccc2C1=O. The van der Waals surface area contributed by atoms with E-state index in [-0.39, 0.29) is 23.4 Å². The number of hydrazine groups is 1. The molecule has 0 saturated carbocycles.